The van der Waals surface area contributed by atoms with Crippen LogP contribution in [0.4, 0.5) is 0 Å². The molecule has 0 aliphatic heterocycles. The fourth-order valence-corrected chi connectivity index (χ4v) is 2.28. The molecule has 1 aromatic heterocycles. The number of nitrogens with zero attached hydrogens (tertiary/aromatic N) is 2. The first-order valence-electron chi connectivity index (χ1n) is 7.78. The van der Waals surface area contributed by atoms with Gasteiger partial charge in [0.15, 0.2) is 0 Å². The molecule has 0 amide bonds. The van der Waals surface area contributed by atoms with Crippen LogP contribution in [0.3, 0.4) is 0 Å². The molecule has 2 rings (SSSR count). The van der Waals surface area contributed by atoms with Crippen LogP contribution < -0.4 is 9.47 Å². The van der Waals surface area contributed by atoms with E-state index >= 15 is 0 Å². The van der Waals surface area contributed by atoms with E-state index in [2.05, 4.69) is 6.07 Å². The van der Waals surface area contributed by atoms with Crippen LogP contribution in [-0.2, 0) is 6.54 Å². The minimum Gasteiger partial charge on any atom is -0.497 e. The number of aliphatic hydroxyl groups excluding tert-OH is 1. The molecule has 2 aromatic rings. The molecule has 0 aliphatic rings. The van der Waals surface area contributed by atoms with Crippen LogP contribution in [0.5, 0.6) is 11.5 Å². The SMILES string of the molecule is COc1ccc(OCC(O)CN(CCC#N)Cc2ccco2)cc1. The minimum absolute atomic E-state index is 0.174. The Morgan fingerprint density at radius 2 is 2.00 bits per heavy atom. The zero-order chi connectivity index (χ0) is 17.2. The third-order valence-corrected chi connectivity index (χ3v) is 3.47. The fraction of sp³-hybridized carbons (Fsp3) is 0.389. The number of furan rings is 1. The summed E-state index contributed by atoms with van der Waals surface area (Å²) in [6.07, 6.45) is 1.34. The van der Waals surface area contributed by atoms with Crippen molar-refractivity contribution in [3.8, 4) is 17.6 Å². The first-order chi connectivity index (χ1) is 11.7. The number of nitriles is 1. The van der Waals surface area contributed by atoms with Crippen molar-refractivity contribution in [2.24, 2.45) is 0 Å². The topological polar surface area (TPSA) is 78.9 Å². The van der Waals surface area contributed by atoms with Crippen LogP contribution in [0.25, 0.3) is 0 Å². The summed E-state index contributed by atoms with van der Waals surface area (Å²) in [7, 11) is 1.61. The molecule has 0 fully saturated rings. The van der Waals surface area contributed by atoms with Crippen LogP contribution in [0.15, 0.2) is 47.1 Å². The molecule has 1 aromatic carbocycles. The second-order valence-corrected chi connectivity index (χ2v) is 5.36. The lowest BCUT2D eigenvalue weighted by Gasteiger charge is -2.23. The summed E-state index contributed by atoms with van der Waals surface area (Å²) < 4.78 is 16.0. The predicted octanol–water partition coefficient (Wildman–Crippen LogP) is 2.44. The summed E-state index contributed by atoms with van der Waals surface area (Å²) >= 11 is 0. The van der Waals surface area contributed by atoms with E-state index in [-0.39, 0.29) is 6.61 Å². The van der Waals surface area contributed by atoms with Crippen LogP contribution in [-0.4, -0.2) is 42.9 Å². The maximum Gasteiger partial charge on any atom is 0.119 e. The lowest BCUT2D eigenvalue weighted by molar-refractivity contribution is 0.0640. The van der Waals surface area contributed by atoms with E-state index in [0.717, 1.165) is 11.5 Å². The summed E-state index contributed by atoms with van der Waals surface area (Å²) in [6.45, 7) is 1.69. The first-order valence-corrected chi connectivity index (χ1v) is 7.78. The highest BCUT2D eigenvalue weighted by Crippen LogP contribution is 2.17. The van der Waals surface area contributed by atoms with Crippen molar-refractivity contribution in [2.45, 2.75) is 19.1 Å². The third kappa shape index (κ3) is 5.95. The molecular weight excluding hydrogens is 308 g/mol. The van der Waals surface area contributed by atoms with Crippen LogP contribution in [0, 0.1) is 11.3 Å². The van der Waals surface area contributed by atoms with Gasteiger partial charge in [0.2, 0.25) is 0 Å². The van der Waals surface area contributed by atoms with E-state index in [1.165, 1.54) is 0 Å². The summed E-state index contributed by atoms with van der Waals surface area (Å²) in [4.78, 5) is 1.98. The molecule has 6 nitrogen and oxygen atoms in total. The van der Waals surface area contributed by atoms with Crippen LogP contribution in [0.2, 0.25) is 0 Å². The van der Waals surface area contributed by atoms with Crippen molar-refractivity contribution >= 4 is 0 Å². The number of methoxy groups -OCH3 is 1. The Balaban J connectivity index is 1.82. The van der Waals surface area contributed by atoms with Gasteiger partial charge in [0.05, 0.1) is 26.0 Å². The Labute approximate surface area is 141 Å². The third-order valence-electron chi connectivity index (χ3n) is 3.47. The van der Waals surface area contributed by atoms with E-state index in [4.69, 9.17) is 19.2 Å². The lowest BCUT2D eigenvalue weighted by atomic mass is 10.3. The van der Waals surface area contributed by atoms with Gasteiger partial charge in [0.25, 0.3) is 0 Å². The van der Waals surface area contributed by atoms with Crippen molar-refractivity contribution in [3.63, 3.8) is 0 Å². The van der Waals surface area contributed by atoms with Crippen molar-refractivity contribution in [1.82, 2.24) is 4.90 Å². The summed E-state index contributed by atoms with van der Waals surface area (Å²) in [5.41, 5.74) is 0. The van der Waals surface area contributed by atoms with Gasteiger partial charge in [-0.05, 0) is 36.4 Å². The number of ether oxygens (including phenoxy) is 2. The van der Waals surface area contributed by atoms with Gasteiger partial charge >= 0.3 is 0 Å². The van der Waals surface area contributed by atoms with Gasteiger partial charge in [-0.1, -0.05) is 0 Å². The molecule has 128 valence electrons. The number of benzene rings is 1. The van der Waals surface area contributed by atoms with E-state index in [1.54, 1.807) is 37.6 Å². The average molecular weight is 330 g/mol. The molecule has 0 radical (unpaired) electrons. The summed E-state index contributed by atoms with van der Waals surface area (Å²) in [5, 5.41) is 19.0. The zero-order valence-corrected chi connectivity index (χ0v) is 13.7. The smallest absolute Gasteiger partial charge is 0.119 e. The monoisotopic (exact) mass is 330 g/mol. The maximum atomic E-state index is 10.2. The van der Waals surface area contributed by atoms with Gasteiger partial charge in [-0.15, -0.1) is 0 Å². The van der Waals surface area contributed by atoms with E-state index in [1.807, 2.05) is 17.0 Å². The zero-order valence-electron chi connectivity index (χ0n) is 13.7. The minimum atomic E-state index is -0.666. The van der Waals surface area contributed by atoms with Crippen molar-refractivity contribution in [1.29, 1.82) is 5.26 Å². The van der Waals surface area contributed by atoms with Crippen LogP contribution in [0.1, 0.15) is 12.2 Å². The Hall–Kier alpha value is -2.49. The standard InChI is InChI=1S/C18H22N2O4/c1-22-16-5-7-17(8-6-16)24-14-15(21)12-20(10-3-9-19)13-18-4-2-11-23-18/h2,4-8,11,15,21H,3,10,12-14H2,1H3. The average Bonchev–Trinajstić information content (AvgIpc) is 3.11. The van der Waals surface area contributed by atoms with Gasteiger partial charge in [0.1, 0.15) is 30.0 Å². The highest BCUT2D eigenvalue weighted by atomic mass is 16.5. The number of hydrogen-bond acceptors (Lipinski definition) is 6. The predicted molar refractivity (Wildman–Crippen MR) is 88.7 cm³/mol. The Morgan fingerprint density at radius 1 is 1.25 bits per heavy atom. The van der Waals surface area contributed by atoms with Gasteiger partial charge < -0.3 is 19.0 Å². The molecule has 1 heterocycles. The number of rotatable bonds is 10. The first kappa shape index (κ1) is 17.9. The van der Waals surface area contributed by atoms with Gasteiger partial charge in [-0.25, -0.2) is 0 Å². The maximum absolute atomic E-state index is 10.2. The van der Waals surface area contributed by atoms with E-state index in [0.29, 0.717) is 31.8 Å². The van der Waals surface area contributed by atoms with Gasteiger partial charge in [-0.2, -0.15) is 5.26 Å². The molecule has 1 N–H and O–H groups in total. The molecule has 0 spiro atoms. The highest BCUT2D eigenvalue weighted by molar-refractivity contribution is 5.31. The second-order valence-electron chi connectivity index (χ2n) is 5.36. The molecule has 1 atom stereocenters. The molecular formula is C18H22N2O4. The summed E-state index contributed by atoms with van der Waals surface area (Å²) in [5.74, 6) is 2.23. The van der Waals surface area contributed by atoms with Gasteiger partial charge in [-0.3, -0.25) is 4.90 Å². The number of hydrogen-bond donors (Lipinski definition) is 1. The lowest BCUT2D eigenvalue weighted by Crippen LogP contribution is -2.35. The van der Waals surface area contributed by atoms with Gasteiger partial charge in [0, 0.05) is 19.5 Å². The fourth-order valence-electron chi connectivity index (χ4n) is 2.28. The Bertz CT molecular complexity index is 619. The van der Waals surface area contributed by atoms with Crippen molar-refractivity contribution < 1.29 is 19.0 Å². The Morgan fingerprint density at radius 3 is 2.62 bits per heavy atom. The quantitative estimate of drug-likeness (QED) is 0.721. The Kier molecular flexibility index (Phi) is 7.15. The molecule has 24 heavy (non-hydrogen) atoms. The molecule has 0 saturated heterocycles. The van der Waals surface area contributed by atoms with Crippen molar-refractivity contribution in [3.05, 3.63) is 48.4 Å². The molecule has 0 bridgehead atoms. The molecule has 0 saturated carbocycles. The molecule has 1 unspecified atom stereocenters. The van der Waals surface area contributed by atoms with E-state index < -0.39 is 6.10 Å². The molecule has 0 aliphatic carbocycles. The largest absolute Gasteiger partial charge is 0.497 e. The highest BCUT2D eigenvalue weighted by Gasteiger charge is 2.14. The normalized spacial score (nSPS) is 11.9. The number of aliphatic hydroxyl groups is 1. The molecule has 6 heteroatoms. The van der Waals surface area contributed by atoms with Crippen molar-refractivity contribution in [2.75, 3.05) is 26.8 Å². The second kappa shape index (κ2) is 9.60. The van der Waals surface area contributed by atoms with Crippen LogP contribution >= 0.6 is 0 Å². The van der Waals surface area contributed by atoms with E-state index in [9.17, 15) is 5.11 Å². The summed E-state index contributed by atoms with van der Waals surface area (Å²) in [6, 6.07) is 13.0.